The zero-order valence-corrected chi connectivity index (χ0v) is 15.4. The van der Waals surface area contributed by atoms with Gasteiger partial charge in [-0.3, -0.25) is 9.69 Å². The number of methoxy groups -OCH3 is 1. The maximum absolute atomic E-state index is 12.1. The lowest BCUT2D eigenvalue weighted by Crippen LogP contribution is -2.29. The van der Waals surface area contributed by atoms with Crippen molar-refractivity contribution in [1.82, 2.24) is 4.90 Å². The minimum atomic E-state index is -0.417. The molecule has 132 valence electrons. The summed E-state index contributed by atoms with van der Waals surface area (Å²) < 4.78 is 4.63. The predicted octanol–water partition coefficient (Wildman–Crippen LogP) is 3.85. The lowest BCUT2D eigenvalue weighted by atomic mass is 10.2. The first kappa shape index (κ1) is 19.2. The SMILES string of the molecule is COC(=O)c1ccc(NC(=O)CN(C)Cc2ccc(Cl)c(Cl)c2)cc1. The molecule has 2 aromatic carbocycles. The van der Waals surface area contributed by atoms with E-state index in [0.717, 1.165) is 5.56 Å². The maximum Gasteiger partial charge on any atom is 0.337 e. The fraction of sp³-hybridized carbons (Fsp3) is 0.222. The number of hydrogen-bond acceptors (Lipinski definition) is 4. The molecule has 0 unspecified atom stereocenters. The van der Waals surface area contributed by atoms with E-state index in [0.29, 0.717) is 27.8 Å². The van der Waals surface area contributed by atoms with Gasteiger partial charge < -0.3 is 10.1 Å². The standard InChI is InChI=1S/C18H18Cl2N2O3/c1-22(10-12-3-8-15(19)16(20)9-12)11-17(23)21-14-6-4-13(5-7-14)18(24)25-2/h3-9H,10-11H2,1-2H3,(H,21,23). The van der Waals surface area contributed by atoms with Crippen LogP contribution in [0, 0.1) is 0 Å². The van der Waals surface area contributed by atoms with E-state index in [9.17, 15) is 9.59 Å². The van der Waals surface area contributed by atoms with E-state index >= 15 is 0 Å². The highest BCUT2D eigenvalue weighted by molar-refractivity contribution is 6.42. The largest absolute Gasteiger partial charge is 0.465 e. The third-order valence-corrected chi connectivity index (χ3v) is 4.18. The van der Waals surface area contributed by atoms with Crippen molar-refractivity contribution in [2.45, 2.75) is 6.54 Å². The van der Waals surface area contributed by atoms with Crippen LogP contribution in [-0.2, 0) is 16.1 Å². The molecule has 0 heterocycles. The highest BCUT2D eigenvalue weighted by atomic mass is 35.5. The number of halogens is 2. The summed E-state index contributed by atoms with van der Waals surface area (Å²) in [6.07, 6.45) is 0. The summed E-state index contributed by atoms with van der Waals surface area (Å²) in [7, 11) is 3.16. The van der Waals surface area contributed by atoms with Gasteiger partial charge in [0, 0.05) is 12.2 Å². The van der Waals surface area contributed by atoms with Crippen LogP contribution in [-0.4, -0.2) is 37.5 Å². The monoisotopic (exact) mass is 380 g/mol. The van der Waals surface area contributed by atoms with Gasteiger partial charge in [0.1, 0.15) is 0 Å². The molecule has 0 aliphatic rings. The Morgan fingerprint density at radius 3 is 2.36 bits per heavy atom. The smallest absolute Gasteiger partial charge is 0.337 e. The fourth-order valence-electron chi connectivity index (χ4n) is 2.26. The van der Waals surface area contributed by atoms with Gasteiger partial charge in [0.2, 0.25) is 5.91 Å². The molecule has 0 bridgehead atoms. The Bertz CT molecular complexity index is 763. The number of nitrogens with zero attached hydrogens (tertiary/aromatic N) is 1. The first-order chi connectivity index (χ1) is 11.9. The van der Waals surface area contributed by atoms with Crippen LogP contribution in [0.3, 0.4) is 0 Å². The Kier molecular flexibility index (Phi) is 6.82. The van der Waals surface area contributed by atoms with Crippen molar-refractivity contribution in [3.63, 3.8) is 0 Å². The van der Waals surface area contributed by atoms with Gasteiger partial charge >= 0.3 is 5.97 Å². The van der Waals surface area contributed by atoms with Crippen LogP contribution in [0.1, 0.15) is 15.9 Å². The number of nitrogens with one attached hydrogen (secondary N) is 1. The van der Waals surface area contributed by atoms with Crippen LogP contribution in [0.4, 0.5) is 5.69 Å². The van der Waals surface area contributed by atoms with Crippen molar-refractivity contribution in [3.05, 3.63) is 63.6 Å². The fourth-order valence-corrected chi connectivity index (χ4v) is 2.58. The number of anilines is 1. The third kappa shape index (κ3) is 5.74. The topological polar surface area (TPSA) is 58.6 Å². The summed E-state index contributed by atoms with van der Waals surface area (Å²) in [6, 6.07) is 11.9. The molecule has 25 heavy (non-hydrogen) atoms. The quantitative estimate of drug-likeness (QED) is 0.773. The van der Waals surface area contributed by atoms with Gasteiger partial charge in [-0.1, -0.05) is 29.3 Å². The van der Waals surface area contributed by atoms with Crippen molar-refractivity contribution in [2.24, 2.45) is 0 Å². The normalized spacial score (nSPS) is 10.6. The zero-order valence-electron chi connectivity index (χ0n) is 13.9. The van der Waals surface area contributed by atoms with E-state index in [2.05, 4.69) is 10.1 Å². The van der Waals surface area contributed by atoms with Crippen molar-refractivity contribution < 1.29 is 14.3 Å². The molecule has 0 fully saturated rings. The number of likely N-dealkylation sites (N-methyl/N-ethyl adjacent to an activating group) is 1. The number of carbonyl (C=O) groups excluding carboxylic acids is 2. The number of carbonyl (C=O) groups is 2. The Morgan fingerprint density at radius 2 is 1.76 bits per heavy atom. The Labute approximate surface area is 156 Å². The van der Waals surface area contributed by atoms with Gasteiger partial charge in [0.05, 0.1) is 29.3 Å². The predicted molar refractivity (Wildman–Crippen MR) is 99.2 cm³/mol. The van der Waals surface area contributed by atoms with E-state index in [1.807, 2.05) is 18.0 Å². The van der Waals surface area contributed by atoms with Crippen LogP contribution in [0.15, 0.2) is 42.5 Å². The van der Waals surface area contributed by atoms with E-state index in [1.54, 1.807) is 36.4 Å². The van der Waals surface area contributed by atoms with Crippen molar-refractivity contribution >= 4 is 40.8 Å². The van der Waals surface area contributed by atoms with Crippen molar-refractivity contribution in [1.29, 1.82) is 0 Å². The van der Waals surface area contributed by atoms with E-state index in [4.69, 9.17) is 23.2 Å². The molecule has 1 N–H and O–H groups in total. The second-order valence-corrected chi connectivity index (χ2v) is 6.35. The number of esters is 1. The summed E-state index contributed by atoms with van der Waals surface area (Å²) in [5, 5.41) is 3.77. The molecule has 7 heteroatoms. The summed E-state index contributed by atoms with van der Waals surface area (Å²) >= 11 is 11.9. The molecule has 2 aromatic rings. The average molecular weight is 381 g/mol. The van der Waals surface area contributed by atoms with Gasteiger partial charge in [-0.05, 0) is 49.0 Å². The minimum absolute atomic E-state index is 0.159. The summed E-state index contributed by atoms with van der Waals surface area (Å²) in [5.41, 5.74) is 2.00. The number of amides is 1. The maximum atomic E-state index is 12.1. The number of rotatable bonds is 6. The van der Waals surface area contributed by atoms with Crippen LogP contribution >= 0.6 is 23.2 Å². The molecule has 0 saturated carbocycles. The van der Waals surface area contributed by atoms with Gasteiger partial charge in [0.25, 0.3) is 0 Å². The molecule has 0 radical (unpaired) electrons. The van der Waals surface area contributed by atoms with Crippen molar-refractivity contribution in [3.8, 4) is 0 Å². The minimum Gasteiger partial charge on any atom is -0.465 e. The van der Waals surface area contributed by atoms with Gasteiger partial charge in [-0.25, -0.2) is 4.79 Å². The molecule has 2 rings (SSSR count). The second-order valence-electron chi connectivity index (χ2n) is 5.54. The van der Waals surface area contributed by atoms with Crippen molar-refractivity contribution in [2.75, 3.05) is 26.0 Å². The highest BCUT2D eigenvalue weighted by Crippen LogP contribution is 2.23. The Balaban J connectivity index is 1.88. The molecular weight excluding hydrogens is 363 g/mol. The van der Waals surface area contributed by atoms with Crippen LogP contribution in [0.5, 0.6) is 0 Å². The summed E-state index contributed by atoms with van der Waals surface area (Å²) in [6.45, 7) is 0.768. The van der Waals surface area contributed by atoms with E-state index in [-0.39, 0.29) is 12.5 Å². The molecule has 0 aliphatic carbocycles. The lowest BCUT2D eigenvalue weighted by Gasteiger charge is -2.16. The molecule has 0 atom stereocenters. The van der Waals surface area contributed by atoms with Gasteiger partial charge in [0.15, 0.2) is 0 Å². The Morgan fingerprint density at radius 1 is 1.08 bits per heavy atom. The van der Waals surface area contributed by atoms with Gasteiger partial charge in [-0.2, -0.15) is 0 Å². The molecule has 1 amide bonds. The van der Waals surface area contributed by atoms with Crippen LogP contribution in [0.2, 0.25) is 10.0 Å². The zero-order chi connectivity index (χ0) is 18.4. The number of ether oxygens (including phenoxy) is 1. The summed E-state index contributed by atoms with van der Waals surface area (Å²) in [5.74, 6) is -0.576. The highest BCUT2D eigenvalue weighted by Gasteiger charge is 2.10. The summed E-state index contributed by atoms with van der Waals surface area (Å²) in [4.78, 5) is 25.4. The molecule has 0 aliphatic heterocycles. The number of hydrogen-bond donors (Lipinski definition) is 1. The first-order valence-corrected chi connectivity index (χ1v) is 8.25. The molecular formula is C18H18Cl2N2O3. The number of benzene rings is 2. The lowest BCUT2D eigenvalue weighted by molar-refractivity contribution is -0.117. The average Bonchev–Trinajstić information content (AvgIpc) is 2.58. The van der Waals surface area contributed by atoms with Crippen LogP contribution < -0.4 is 5.32 Å². The second kappa shape index (κ2) is 8.85. The molecule has 0 saturated heterocycles. The van der Waals surface area contributed by atoms with Gasteiger partial charge in [-0.15, -0.1) is 0 Å². The molecule has 0 spiro atoms. The molecule has 5 nitrogen and oxygen atoms in total. The van der Waals surface area contributed by atoms with E-state index < -0.39 is 5.97 Å². The first-order valence-electron chi connectivity index (χ1n) is 7.49. The molecule has 0 aromatic heterocycles. The third-order valence-electron chi connectivity index (χ3n) is 3.44. The van der Waals surface area contributed by atoms with Crippen LogP contribution in [0.25, 0.3) is 0 Å². The van der Waals surface area contributed by atoms with E-state index in [1.165, 1.54) is 7.11 Å². The Hall–Kier alpha value is -2.08.